The number of fused-ring (bicyclic) bond motifs is 1. The van der Waals surface area contributed by atoms with Crippen molar-refractivity contribution < 1.29 is 57.4 Å². The van der Waals surface area contributed by atoms with Crippen LogP contribution < -0.4 is 0 Å². The summed E-state index contributed by atoms with van der Waals surface area (Å²) in [4.78, 5) is -0.193. The molecule has 17 heteroatoms. The lowest BCUT2D eigenvalue weighted by atomic mass is 9.98. The normalized spacial score (nSPS) is 28.7. The third-order valence-corrected chi connectivity index (χ3v) is 20.5. The highest BCUT2D eigenvalue weighted by Crippen LogP contribution is 2.50. The van der Waals surface area contributed by atoms with Gasteiger partial charge in [0.25, 0.3) is 10.1 Å². The Balaban J connectivity index is 2.24. The number of ether oxygens (including phenoxy) is 1. The molecule has 248 valence electrons. The zero-order chi connectivity index (χ0) is 33.7. The van der Waals surface area contributed by atoms with Crippen molar-refractivity contribution in [3.63, 3.8) is 0 Å². The Labute approximate surface area is 256 Å². The highest BCUT2D eigenvalue weighted by Gasteiger charge is 2.66. The van der Waals surface area contributed by atoms with E-state index in [1.54, 1.807) is 19.1 Å². The van der Waals surface area contributed by atoms with E-state index in [1.807, 2.05) is 55.4 Å². The summed E-state index contributed by atoms with van der Waals surface area (Å²) in [5.41, 5.74) is -8.14. The molecule has 10 nitrogen and oxygen atoms in total. The van der Waals surface area contributed by atoms with Gasteiger partial charge in [-0.05, 0) is 41.2 Å². The Morgan fingerprint density at radius 2 is 1.47 bits per heavy atom. The van der Waals surface area contributed by atoms with Gasteiger partial charge in [0.15, 0.2) is 0 Å². The van der Waals surface area contributed by atoms with Gasteiger partial charge in [0.1, 0.15) is 24.4 Å². The molecule has 0 N–H and O–H groups in total. The molecular weight excluding hydrogens is 650 g/mol. The number of hydrogen-bond acceptors (Lipinski definition) is 10. The molecule has 2 heterocycles. The SMILES string of the molecule is [3H][C@@H]1O[C@]2(COS(=O)(=O)c3ccc(C)cc3)CO[Si](C(C)C)(C(C)C)O[Si](C(C)C)(C(C)C)OC2[C@H]1OS(=O)(=O)C(F)(F)F. The Kier molecular flexibility index (Phi) is 10.3. The second-order valence-corrected chi connectivity index (χ2v) is 24.3. The Morgan fingerprint density at radius 1 is 0.953 bits per heavy atom. The average Bonchev–Trinajstić information content (AvgIpc) is 3.11. The van der Waals surface area contributed by atoms with Crippen LogP contribution in [0.5, 0.6) is 0 Å². The highest BCUT2D eigenvalue weighted by molar-refractivity contribution is 7.87. The molecule has 2 fully saturated rings. The van der Waals surface area contributed by atoms with Crippen LogP contribution in [0, 0.1) is 6.92 Å². The summed E-state index contributed by atoms with van der Waals surface area (Å²) in [5.74, 6) is 0. The summed E-state index contributed by atoms with van der Waals surface area (Å²) in [6.45, 7) is 13.3. The van der Waals surface area contributed by atoms with Crippen LogP contribution in [-0.4, -0.2) is 77.1 Å². The lowest BCUT2D eigenvalue weighted by Gasteiger charge is -2.53. The van der Waals surface area contributed by atoms with Gasteiger partial charge in [0, 0.05) is 0 Å². The molecule has 43 heavy (non-hydrogen) atoms. The van der Waals surface area contributed by atoms with E-state index < -0.39 is 80.5 Å². The van der Waals surface area contributed by atoms with Gasteiger partial charge in [-0.15, -0.1) is 0 Å². The maximum Gasteiger partial charge on any atom is 0.523 e. The van der Waals surface area contributed by atoms with E-state index >= 15 is 0 Å². The monoisotopic (exact) mass is 694 g/mol. The van der Waals surface area contributed by atoms with Gasteiger partial charge < -0.3 is 17.7 Å². The summed E-state index contributed by atoms with van der Waals surface area (Å²) in [7, 11) is -17.6. The van der Waals surface area contributed by atoms with Crippen LogP contribution in [0.1, 0.15) is 62.3 Å². The average molecular weight is 695 g/mol. The summed E-state index contributed by atoms with van der Waals surface area (Å²) < 4.78 is 136. The van der Waals surface area contributed by atoms with E-state index in [9.17, 15) is 30.0 Å². The fourth-order valence-corrected chi connectivity index (χ4v) is 18.3. The van der Waals surface area contributed by atoms with Crippen molar-refractivity contribution in [3.05, 3.63) is 29.8 Å². The molecule has 0 aromatic heterocycles. The third-order valence-electron chi connectivity index (χ3n) is 7.93. The standard InChI is InChI=1S/C26H43F3O10S2Si2/c1-17(2)42(18(3)4)36-16-25(15-35-40(30,31)22-12-10-21(9)11-13-22)24(38-43(39-42,19(5)6)20(7)8)23(14-34-25)37-41(32,33)26(27,28)29/h10-13,17-20,23-24H,14-16H2,1-9H3/t23-,24?,25+/m0/s1/i14T/t14-,23-,24?,25+. The minimum absolute atomic E-state index is 0.174. The maximum absolute atomic E-state index is 13.5. The highest BCUT2D eigenvalue weighted by atomic mass is 32.2. The molecule has 1 aromatic carbocycles. The first-order chi connectivity index (χ1) is 20.0. The van der Waals surface area contributed by atoms with E-state index in [1.165, 1.54) is 12.1 Å². The fraction of sp³-hybridized carbons (Fsp3) is 0.769. The summed E-state index contributed by atoms with van der Waals surface area (Å²) in [5, 5.41) is 0. The van der Waals surface area contributed by atoms with Crippen LogP contribution >= 0.6 is 0 Å². The molecular formula is C26H43F3O10S2Si2. The molecule has 0 bridgehead atoms. The topological polar surface area (TPSA) is 124 Å². The van der Waals surface area contributed by atoms with Gasteiger partial charge in [0.05, 0.1) is 19.5 Å². The molecule has 0 saturated carbocycles. The van der Waals surface area contributed by atoms with Crippen LogP contribution in [-0.2, 0) is 46.3 Å². The molecule has 0 aliphatic carbocycles. The predicted molar refractivity (Wildman–Crippen MR) is 157 cm³/mol. The van der Waals surface area contributed by atoms with Gasteiger partial charge in [0.2, 0.25) is 0 Å². The molecule has 3 rings (SSSR count). The summed E-state index contributed by atoms with van der Waals surface area (Å²) in [6, 6.07) is 5.78. The molecule has 0 amide bonds. The van der Waals surface area contributed by atoms with E-state index in [0.29, 0.717) is 0 Å². The van der Waals surface area contributed by atoms with Gasteiger partial charge in [-0.3, -0.25) is 8.37 Å². The Bertz CT molecular complexity index is 1360. The smallest absolute Gasteiger partial charge is 0.414 e. The van der Waals surface area contributed by atoms with Crippen molar-refractivity contribution in [3.8, 4) is 0 Å². The van der Waals surface area contributed by atoms with Crippen LogP contribution in [0.3, 0.4) is 0 Å². The summed E-state index contributed by atoms with van der Waals surface area (Å²) >= 11 is 0. The molecule has 2 aliphatic rings. The zero-order valence-electron chi connectivity index (χ0n) is 26.8. The second kappa shape index (κ2) is 12.7. The van der Waals surface area contributed by atoms with Crippen LogP contribution in [0.25, 0.3) is 0 Å². The lowest BCUT2D eigenvalue weighted by molar-refractivity contribution is -0.124. The number of benzene rings is 1. The van der Waals surface area contributed by atoms with Crippen LogP contribution in [0.2, 0.25) is 22.2 Å². The first kappa shape index (κ1) is 35.0. The first-order valence-electron chi connectivity index (χ1n) is 14.6. The van der Waals surface area contributed by atoms with Gasteiger partial charge >= 0.3 is 32.7 Å². The number of alkyl halides is 3. The molecule has 2 aliphatic heterocycles. The fourth-order valence-electron chi connectivity index (χ4n) is 5.46. The molecule has 0 spiro atoms. The van der Waals surface area contributed by atoms with Crippen LogP contribution in [0.4, 0.5) is 13.2 Å². The zero-order valence-corrected chi connectivity index (χ0v) is 29.4. The second-order valence-electron chi connectivity index (χ2n) is 12.3. The van der Waals surface area contributed by atoms with Gasteiger partial charge in [-0.2, -0.15) is 30.0 Å². The van der Waals surface area contributed by atoms with Crippen molar-refractivity contribution in [2.75, 3.05) is 19.8 Å². The van der Waals surface area contributed by atoms with Crippen LogP contribution in [0.15, 0.2) is 29.2 Å². The van der Waals surface area contributed by atoms with Gasteiger partial charge in [-0.1, -0.05) is 73.1 Å². The van der Waals surface area contributed by atoms with Crippen molar-refractivity contribution in [2.45, 2.75) is 113 Å². The van der Waals surface area contributed by atoms with E-state index in [2.05, 4.69) is 4.18 Å². The Hall–Kier alpha value is -0.896. The quantitative estimate of drug-likeness (QED) is 0.172. The van der Waals surface area contributed by atoms with E-state index in [0.717, 1.165) is 5.56 Å². The summed E-state index contributed by atoms with van der Waals surface area (Å²) in [6.07, 6.45) is -3.91. The predicted octanol–water partition coefficient (Wildman–Crippen LogP) is 5.66. The van der Waals surface area contributed by atoms with E-state index in [4.69, 9.17) is 23.3 Å². The molecule has 0 radical (unpaired) electrons. The molecule has 2 saturated heterocycles. The largest absolute Gasteiger partial charge is 0.523 e. The molecule has 1 aromatic rings. The Morgan fingerprint density at radius 3 is 1.93 bits per heavy atom. The number of aryl methyl sites for hydroxylation is 1. The third kappa shape index (κ3) is 7.10. The minimum Gasteiger partial charge on any atom is -0.414 e. The maximum atomic E-state index is 13.5. The first-order valence-corrected chi connectivity index (χ1v) is 20.8. The number of rotatable bonds is 10. The van der Waals surface area contributed by atoms with E-state index in [-0.39, 0.29) is 27.1 Å². The molecule has 4 atom stereocenters. The van der Waals surface area contributed by atoms with Gasteiger partial charge in [-0.25, -0.2) is 0 Å². The van der Waals surface area contributed by atoms with Crippen molar-refractivity contribution >= 4 is 37.4 Å². The van der Waals surface area contributed by atoms with Crippen molar-refractivity contribution in [1.82, 2.24) is 0 Å². The lowest BCUT2D eigenvalue weighted by Crippen LogP contribution is -2.69. The molecule has 1 unspecified atom stereocenters. The number of halogens is 3. The number of hydrogen-bond donors (Lipinski definition) is 0. The minimum atomic E-state index is -6.23. The van der Waals surface area contributed by atoms with Crippen molar-refractivity contribution in [2.24, 2.45) is 0 Å². The van der Waals surface area contributed by atoms with Crippen molar-refractivity contribution in [1.29, 1.82) is 0 Å².